The van der Waals surface area contributed by atoms with E-state index in [-0.39, 0.29) is 11.9 Å². The third-order valence-corrected chi connectivity index (χ3v) is 2.73. The molecule has 0 atom stereocenters. The number of amides is 2. The van der Waals surface area contributed by atoms with Gasteiger partial charge in [-0.1, -0.05) is 31.5 Å². The molecule has 0 radical (unpaired) electrons. The highest BCUT2D eigenvalue weighted by molar-refractivity contribution is 5.90. The highest BCUT2D eigenvalue weighted by atomic mass is 16.2. The van der Waals surface area contributed by atoms with Gasteiger partial charge in [-0.2, -0.15) is 0 Å². The second kappa shape index (κ2) is 5.53. The van der Waals surface area contributed by atoms with Crippen molar-refractivity contribution in [3.8, 4) is 0 Å². The molecular weight excluding hydrogens is 228 g/mol. The molecule has 0 aliphatic carbocycles. The second-order valence-electron chi connectivity index (χ2n) is 4.97. The van der Waals surface area contributed by atoms with Gasteiger partial charge < -0.3 is 16.4 Å². The molecule has 98 valence electrons. The number of nitrogens with one attached hydrogen (secondary N) is 3. The van der Waals surface area contributed by atoms with Crippen molar-refractivity contribution in [2.75, 3.05) is 11.9 Å². The third kappa shape index (κ3) is 4.08. The van der Waals surface area contributed by atoms with Gasteiger partial charge in [-0.15, -0.1) is 0 Å². The van der Waals surface area contributed by atoms with Crippen molar-refractivity contribution in [2.24, 2.45) is 11.1 Å². The Labute approximate surface area is 107 Å². The fraction of sp³-hybridized carbons (Fsp3) is 0.385. The summed E-state index contributed by atoms with van der Waals surface area (Å²) < 4.78 is 0. The molecule has 0 aromatic heterocycles. The van der Waals surface area contributed by atoms with Crippen LogP contribution in [-0.4, -0.2) is 18.4 Å². The zero-order chi connectivity index (χ0) is 13.8. The molecule has 0 saturated heterocycles. The van der Waals surface area contributed by atoms with Crippen molar-refractivity contribution in [3.63, 3.8) is 0 Å². The lowest BCUT2D eigenvalue weighted by molar-refractivity contribution is 0.249. The van der Waals surface area contributed by atoms with Gasteiger partial charge in [0.15, 0.2) is 0 Å². The molecule has 2 amide bonds. The molecule has 0 fully saturated rings. The average molecular weight is 248 g/mol. The Morgan fingerprint density at radius 2 is 1.89 bits per heavy atom. The minimum absolute atomic E-state index is 0.0538. The van der Waals surface area contributed by atoms with E-state index in [1.807, 2.05) is 45.0 Å². The number of hydrogen-bond donors (Lipinski definition) is 4. The van der Waals surface area contributed by atoms with Crippen LogP contribution in [0.15, 0.2) is 24.3 Å². The van der Waals surface area contributed by atoms with Crippen LogP contribution in [0.25, 0.3) is 0 Å². The normalized spacial score (nSPS) is 10.8. The molecule has 1 aromatic carbocycles. The van der Waals surface area contributed by atoms with Gasteiger partial charge >= 0.3 is 6.03 Å². The van der Waals surface area contributed by atoms with E-state index in [4.69, 9.17) is 11.1 Å². The van der Waals surface area contributed by atoms with E-state index in [0.29, 0.717) is 6.54 Å². The number of aryl methyl sites for hydroxylation is 1. The van der Waals surface area contributed by atoms with E-state index in [1.54, 1.807) is 0 Å². The van der Waals surface area contributed by atoms with Crippen LogP contribution in [0.5, 0.6) is 0 Å². The Bertz CT molecular complexity index is 437. The summed E-state index contributed by atoms with van der Waals surface area (Å²) in [6, 6.07) is 7.23. The average Bonchev–Trinajstić information content (AvgIpc) is 2.29. The first-order valence-electron chi connectivity index (χ1n) is 5.77. The molecule has 5 heteroatoms. The van der Waals surface area contributed by atoms with Crippen molar-refractivity contribution in [3.05, 3.63) is 29.8 Å². The number of rotatable bonds is 4. The third-order valence-electron chi connectivity index (χ3n) is 2.73. The second-order valence-corrected chi connectivity index (χ2v) is 4.97. The SMILES string of the molecule is Cc1ccc(NC(=O)NCC(C)(C)C(=N)N)cc1. The van der Waals surface area contributed by atoms with E-state index in [2.05, 4.69) is 10.6 Å². The fourth-order valence-corrected chi connectivity index (χ4v) is 1.21. The number of benzene rings is 1. The van der Waals surface area contributed by atoms with Crippen molar-refractivity contribution < 1.29 is 4.79 Å². The Balaban J connectivity index is 2.48. The van der Waals surface area contributed by atoms with Crippen molar-refractivity contribution in [1.82, 2.24) is 5.32 Å². The van der Waals surface area contributed by atoms with Crippen LogP contribution in [0, 0.1) is 17.7 Å². The minimum atomic E-state index is -0.537. The number of carbonyl (C=O) groups excluding carboxylic acids is 1. The number of carbonyl (C=O) groups is 1. The summed E-state index contributed by atoms with van der Waals surface area (Å²) >= 11 is 0. The maximum atomic E-state index is 11.6. The van der Waals surface area contributed by atoms with E-state index >= 15 is 0 Å². The number of amidine groups is 1. The zero-order valence-corrected chi connectivity index (χ0v) is 11.0. The van der Waals surface area contributed by atoms with Crippen molar-refractivity contribution in [2.45, 2.75) is 20.8 Å². The molecule has 0 spiro atoms. The lowest BCUT2D eigenvalue weighted by atomic mass is 9.92. The maximum absolute atomic E-state index is 11.6. The van der Waals surface area contributed by atoms with Gasteiger partial charge in [0, 0.05) is 17.6 Å². The Morgan fingerprint density at radius 1 is 1.33 bits per heavy atom. The van der Waals surface area contributed by atoms with Gasteiger partial charge in [-0.3, -0.25) is 5.41 Å². The summed E-state index contributed by atoms with van der Waals surface area (Å²) in [5.74, 6) is 0.0538. The first-order chi connectivity index (χ1) is 8.31. The molecule has 1 rings (SSSR count). The molecule has 0 aliphatic heterocycles. The summed E-state index contributed by atoms with van der Waals surface area (Å²) in [6.07, 6.45) is 0. The summed E-state index contributed by atoms with van der Waals surface area (Å²) in [6.45, 7) is 5.92. The Hall–Kier alpha value is -2.04. The summed E-state index contributed by atoms with van der Waals surface area (Å²) in [7, 11) is 0. The quantitative estimate of drug-likeness (QED) is 0.485. The number of anilines is 1. The van der Waals surface area contributed by atoms with Gasteiger partial charge in [0.2, 0.25) is 0 Å². The Kier molecular flexibility index (Phi) is 4.31. The highest BCUT2D eigenvalue weighted by Crippen LogP contribution is 2.12. The first-order valence-corrected chi connectivity index (χ1v) is 5.77. The topological polar surface area (TPSA) is 91.0 Å². The summed E-state index contributed by atoms with van der Waals surface area (Å²) in [4.78, 5) is 11.6. The first kappa shape index (κ1) is 14.0. The molecular formula is C13H20N4O. The van der Waals surface area contributed by atoms with Crippen LogP contribution >= 0.6 is 0 Å². The summed E-state index contributed by atoms with van der Waals surface area (Å²) in [5, 5.41) is 12.8. The molecule has 0 saturated carbocycles. The minimum Gasteiger partial charge on any atom is -0.387 e. The van der Waals surface area contributed by atoms with Gasteiger partial charge in [0.25, 0.3) is 0 Å². The number of urea groups is 1. The number of nitrogens with two attached hydrogens (primary N) is 1. The highest BCUT2D eigenvalue weighted by Gasteiger charge is 2.22. The van der Waals surface area contributed by atoms with Gasteiger partial charge in [-0.05, 0) is 19.1 Å². The van der Waals surface area contributed by atoms with Crippen LogP contribution in [0.3, 0.4) is 0 Å². The van der Waals surface area contributed by atoms with Crippen molar-refractivity contribution >= 4 is 17.6 Å². The van der Waals surface area contributed by atoms with Crippen LogP contribution < -0.4 is 16.4 Å². The molecule has 0 heterocycles. The van der Waals surface area contributed by atoms with E-state index < -0.39 is 5.41 Å². The lowest BCUT2D eigenvalue weighted by Gasteiger charge is -2.23. The van der Waals surface area contributed by atoms with Crippen LogP contribution in [0.4, 0.5) is 10.5 Å². The fourth-order valence-electron chi connectivity index (χ4n) is 1.21. The van der Waals surface area contributed by atoms with Gasteiger partial charge in [-0.25, -0.2) is 4.79 Å². The van der Waals surface area contributed by atoms with Gasteiger partial charge in [0.1, 0.15) is 0 Å². The molecule has 0 aliphatic rings. The molecule has 0 bridgehead atoms. The molecule has 1 aromatic rings. The lowest BCUT2D eigenvalue weighted by Crippen LogP contribution is -2.43. The van der Waals surface area contributed by atoms with Gasteiger partial charge in [0.05, 0.1) is 5.84 Å². The van der Waals surface area contributed by atoms with Crippen LogP contribution in [0.1, 0.15) is 19.4 Å². The molecule has 18 heavy (non-hydrogen) atoms. The van der Waals surface area contributed by atoms with Crippen molar-refractivity contribution in [1.29, 1.82) is 5.41 Å². The van der Waals surface area contributed by atoms with Crippen LogP contribution in [0.2, 0.25) is 0 Å². The van der Waals surface area contributed by atoms with E-state index in [1.165, 1.54) is 0 Å². The molecule has 0 unspecified atom stereocenters. The maximum Gasteiger partial charge on any atom is 0.319 e. The Morgan fingerprint density at radius 3 is 2.39 bits per heavy atom. The van der Waals surface area contributed by atoms with Crippen LogP contribution in [-0.2, 0) is 0 Å². The molecule has 5 N–H and O–H groups in total. The monoisotopic (exact) mass is 248 g/mol. The molecule has 5 nitrogen and oxygen atoms in total. The zero-order valence-electron chi connectivity index (χ0n) is 11.0. The predicted octanol–water partition coefficient (Wildman–Crippen LogP) is 2.08. The largest absolute Gasteiger partial charge is 0.387 e. The predicted molar refractivity (Wildman–Crippen MR) is 73.9 cm³/mol. The summed E-state index contributed by atoms with van der Waals surface area (Å²) in [5.41, 5.74) is 6.77. The smallest absolute Gasteiger partial charge is 0.319 e. The number of hydrogen-bond acceptors (Lipinski definition) is 2. The van der Waals surface area contributed by atoms with E-state index in [9.17, 15) is 4.79 Å². The van der Waals surface area contributed by atoms with E-state index in [0.717, 1.165) is 11.3 Å². The standard InChI is InChI=1S/C13H20N4O/c1-9-4-6-10(7-5-9)17-12(18)16-8-13(2,3)11(14)15/h4-7H,8H2,1-3H3,(H3,14,15)(H2,16,17,18).